The highest BCUT2D eigenvalue weighted by Crippen LogP contribution is 2.24. The fourth-order valence-corrected chi connectivity index (χ4v) is 2.21. The average Bonchev–Trinajstić information content (AvgIpc) is 2.87. The molecule has 0 aliphatic rings. The zero-order valence-electron chi connectivity index (χ0n) is 11.9. The lowest BCUT2D eigenvalue weighted by atomic mass is 9.99. The van der Waals surface area contributed by atoms with Crippen LogP contribution in [-0.4, -0.2) is 14.9 Å². The number of aromatic nitrogens is 2. The smallest absolute Gasteiger partial charge is 0.121 e. The molecule has 0 saturated carbocycles. The Labute approximate surface area is 114 Å². The van der Waals surface area contributed by atoms with Crippen molar-refractivity contribution in [3.8, 4) is 0 Å². The summed E-state index contributed by atoms with van der Waals surface area (Å²) in [7, 11) is 0. The maximum Gasteiger partial charge on any atom is 0.121 e. The van der Waals surface area contributed by atoms with Crippen LogP contribution in [0.5, 0.6) is 0 Å². The SMILES string of the molecule is CCCn1nccc1C(O)c1ccc(C(C)C)cc1. The molecular formula is C16H22N2O. The summed E-state index contributed by atoms with van der Waals surface area (Å²) in [6, 6.07) is 10.1. The normalized spacial score (nSPS) is 12.9. The van der Waals surface area contributed by atoms with Crippen molar-refractivity contribution in [3.05, 3.63) is 53.3 Å². The minimum absolute atomic E-state index is 0.511. The fraction of sp³-hybridized carbons (Fsp3) is 0.438. The average molecular weight is 258 g/mol. The van der Waals surface area contributed by atoms with E-state index in [9.17, 15) is 5.11 Å². The van der Waals surface area contributed by atoms with Crippen molar-refractivity contribution < 1.29 is 5.11 Å². The van der Waals surface area contributed by atoms with Crippen LogP contribution in [0.4, 0.5) is 0 Å². The summed E-state index contributed by atoms with van der Waals surface area (Å²) >= 11 is 0. The molecule has 0 fully saturated rings. The Morgan fingerprint density at radius 1 is 1.11 bits per heavy atom. The standard InChI is InChI=1S/C16H22N2O/c1-4-11-18-15(9-10-17-18)16(19)14-7-5-13(6-8-14)12(2)3/h5-10,12,16,19H,4,11H2,1-3H3. The van der Waals surface area contributed by atoms with Gasteiger partial charge < -0.3 is 5.11 Å². The van der Waals surface area contributed by atoms with Crippen LogP contribution in [0.15, 0.2) is 36.5 Å². The van der Waals surface area contributed by atoms with Crippen LogP contribution in [0, 0.1) is 0 Å². The van der Waals surface area contributed by atoms with Gasteiger partial charge in [-0.3, -0.25) is 4.68 Å². The third-order valence-corrected chi connectivity index (χ3v) is 3.38. The zero-order chi connectivity index (χ0) is 13.8. The summed E-state index contributed by atoms with van der Waals surface area (Å²) in [4.78, 5) is 0. The second-order valence-electron chi connectivity index (χ2n) is 5.20. The van der Waals surface area contributed by atoms with Gasteiger partial charge in [0.25, 0.3) is 0 Å². The maximum absolute atomic E-state index is 10.5. The highest BCUT2D eigenvalue weighted by Gasteiger charge is 2.15. The second kappa shape index (κ2) is 6.02. The van der Waals surface area contributed by atoms with Crippen molar-refractivity contribution in [3.63, 3.8) is 0 Å². The van der Waals surface area contributed by atoms with Crippen LogP contribution in [0.1, 0.15) is 56.0 Å². The molecule has 3 heteroatoms. The molecule has 2 aromatic rings. The monoisotopic (exact) mass is 258 g/mol. The Balaban J connectivity index is 2.23. The third-order valence-electron chi connectivity index (χ3n) is 3.38. The third kappa shape index (κ3) is 3.04. The molecule has 0 bridgehead atoms. The van der Waals surface area contributed by atoms with Gasteiger partial charge in [0.1, 0.15) is 6.10 Å². The van der Waals surface area contributed by atoms with E-state index in [1.54, 1.807) is 6.20 Å². The van der Waals surface area contributed by atoms with E-state index in [2.05, 4.69) is 38.0 Å². The lowest BCUT2D eigenvalue weighted by Gasteiger charge is -2.14. The van der Waals surface area contributed by atoms with Gasteiger partial charge in [-0.1, -0.05) is 45.0 Å². The molecular weight excluding hydrogens is 236 g/mol. The number of hydrogen-bond acceptors (Lipinski definition) is 2. The van der Waals surface area contributed by atoms with Crippen molar-refractivity contribution in [2.45, 2.75) is 45.8 Å². The minimum atomic E-state index is -0.602. The predicted molar refractivity (Wildman–Crippen MR) is 77.1 cm³/mol. The summed E-state index contributed by atoms with van der Waals surface area (Å²) in [5.41, 5.74) is 3.07. The first-order chi connectivity index (χ1) is 9.13. The molecule has 0 amide bonds. The summed E-state index contributed by atoms with van der Waals surface area (Å²) in [6.07, 6.45) is 2.15. The highest BCUT2D eigenvalue weighted by atomic mass is 16.3. The zero-order valence-corrected chi connectivity index (χ0v) is 11.9. The molecule has 0 saturated heterocycles. The van der Waals surface area contributed by atoms with Crippen LogP contribution >= 0.6 is 0 Å². The fourth-order valence-electron chi connectivity index (χ4n) is 2.21. The van der Waals surface area contributed by atoms with E-state index in [1.807, 2.05) is 22.9 Å². The van der Waals surface area contributed by atoms with Gasteiger partial charge in [-0.05, 0) is 29.5 Å². The first-order valence-corrected chi connectivity index (χ1v) is 6.93. The van der Waals surface area contributed by atoms with Crippen molar-refractivity contribution in [1.82, 2.24) is 9.78 Å². The number of benzene rings is 1. The lowest BCUT2D eigenvalue weighted by molar-refractivity contribution is 0.207. The molecule has 1 heterocycles. The van der Waals surface area contributed by atoms with Crippen LogP contribution in [-0.2, 0) is 6.54 Å². The topological polar surface area (TPSA) is 38.0 Å². The molecule has 0 aliphatic heterocycles. The number of rotatable bonds is 5. The maximum atomic E-state index is 10.5. The Hall–Kier alpha value is -1.61. The van der Waals surface area contributed by atoms with Crippen molar-refractivity contribution in [1.29, 1.82) is 0 Å². The van der Waals surface area contributed by atoms with Gasteiger partial charge in [0.05, 0.1) is 5.69 Å². The first-order valence-electron chi connectivity index (χ1n) is 6.93. The quantitative estimate of drug-likeness (QED) is 0.891. The second-order valence-corrected chi connectivity index (χ2v) is 5.20. The molecule has 3 nitrogen and oxygen atoms in total. The van der Waals surface area contributed by atoms with E-state index in [1.165, 1.54) is 5.56 Å². The lowest BCUT2D eigenvalue weighted by Crippen LogP contribution is -2.10. The molecule has 0 aliphatic carbocycles. The molecule has 0 radical (unpaired) electrons. The summed E-state index contributed by atoms with van der Waals surface area (Å²) < 4.78 is 1.88. The Morgan fingerprint density at radius 3 is 2.32 bits per heavy atom. The number of aryl methyl sites for hydroxylation is 1. The summed E-state index contributed by atoms with van der Waals surface area (Å²) in [6.45, 7) is 7.28. The van der Waals surface area contributed by atoms with Crippen LogP contribution in [0.2, 0.25) is 0 Å². The van der Waals surface area contributed by atoms with Crippen molar-refractivity contribution in [2.24, 2.45) is 0 Å². The molecule has 0 spiro atoms. The van der Waals surface area contributed by atoms with Crippen LogP contribution in [0.3, 0.4) is 0 Å². The van der Waals surface area contributed by atoms with E-state index in [-0.39, 0.29) is 0 Å². The van der Waals surface area contributed by atoms with Gasteiger partial charge in [0.15, 0.2) is 0 Å². The molecule has 1 aromatic carbocycles. The van der Waals surface area contributed by atoms with Gasteiger partial charge in [0.2, 0.25) is 0 Å². The van der Waals surface area contributed by atoms with Gasteiger partial charge >= 0.3 is 0 Å². The summed E-state index contributed by atoms with van der Waals surface area (Å²) in [5, 5.41) is 14.7. The van der Waals surface area contributed by atoms with E-state index >= 15 is 0 Å². The van der Waals surface area contributed by atoms with Gasteiger partial charge in [-0.15, -0.1) is 0 Å². The van der Waals surface area contributed by atoms with E-state index < -0.39 is 6.10 Å². The van der Waals surface area contributed by atoms with Crippen LogP contribution in [0.25, 0.3) is 0 Å². The van der Waals surface area contributed by atoms with E-state index in [0.29, 0.717) is 5.92 Å². The van der Waals surface area contributed by atoms with Crippen molar-refractivity contribution in [2.75, 3.05) is 0 Å². The number of aliphatic hydroxyl groups excluding tert-OH is 1. The van der Waals surface area contributed by atoms with E-state index in [0.717, 1.165) is 24.2 Å². The van der Waals surface area contributed by atoms with Gasteiger partial charge in [-0.2, -0.15) is 5.10 Å². The number of aliphatic hydroxyl groups is 1. The van der Waals surface area contributed by atoms with Gasteiger partial charge in [0, 0.05) is 12.7 Å². The number of hydrogen-bond donors (Lipinski definition) is 1. The predicted octanol–water partition coefficient (Wildman–Crippen LogP) is 3.50. The van der Waals surface area contributed by atoms with Crippen LogP contribution < -0.4 is 0 Å². The molecule has 2 rings (SSSR count). The number of nitrogens with zero attached hydrogens (tertiary/aromatic N) is 2. The van der Waals surface area contributed by atoms with Crippen molar-refractivity contribution >= 4 is 0 Å². The molecule has 1 N–H and O–H groups in total. The molecule has 19 heavy (non-hydrogen) atoms. The minimum Gasteiger partial charge on any atom is -0.382 e. The molecule has 1 atom stereocenters. The van der Waals surface area contributed by atoms with Gasteiger partial charge in [-0.25, -0.2) is 0 Å². The molecule has 1 aromatic heterocycles. The Bertz CT molecular complexity index is 514. The Morgan fingerprint density at radius 2 is 1.74 bits per heavy atom. The summed E-state index contributed by atoms with van der Waals surface area (Å²) in [5.74, 6) is 0.511. The molecule has 1 unspecified atom stereocenters. The van der Waals surface area contributed by atoms with E-state index in [4.69, 9.17) is 0 Å². The molecule has 102 valence electrons. The Kier molecular flexibility index (Phi) is 4.38. The first kappa shape index (κ1) is 13.8. The largest absolute Gasteiger partial charge is 0.382 e. The highest BCUT2D eigenvalue weighted by molar-refractivity contribution is 5.30.